The molecule has 0 amide bonds. The molecule has 6 atom stereocenters. The number of fused-ring (bicyclic) bond motifs is 1. The van der Waals surface area contributed by atoms with Crippen LogP contribution in [0.4, 0.5) is 0 Å². The van der Waals surface area contributed by atoms with Crippen molar-refractivity contribution in [2.24, 2.45) is 0 Å². The Morgan fingerprint density at radius 1 is 0.868 bits per heavy atom. The van der Waals surface area contributed by atoms with E-state index < -0.39 is 39.0 Å². The van der Waals surface area contributed by atoms with E-state index in [1.54, 1.807) is 0 Å². The van der Waals surface area contributed by atoms with Crippen molar-refractivity contribution in [3.05, 3.63) is 96.1 Å². The summed E-state index contributed by atoms with van der Waals surface area (Å²) < 4.78 is 38.3. The van der Waals surface area contributed by atoms with Gasteiger partial charge in [0.1, 0.15) is 24.4 Å². The Morgan fingerprint density at radius 3 is 2.21 bits per heavy atom. The summed E-state index contributed by atoms with van der Waals surface area (Å²) in [6.45, 7) is 18.7. The zero-order valence-corrected chi connectivity index (χ0v) is 24.1. The maximum Gasteiger partial charge on any atom is 0.187 e. The fourth-order valence-corrected chi connectivity index (χ4v) is 6.43. The van der Waals surface area contributed by atoms with E-state index in [0.29, 0.717) is 26.4 Å². The number of benzene rings is 2. The number of hydrogen-bond donors (Lipinski definition) is 0. The van der Waals surface area contributed by atoms with Crippen molar-refractivity contribution >= 4 is 8.07 Å². The first-order valence-electron chi connectivity index (χ1n) is 13.4. The van der Waals surface area contributed by atoms with E-state index in [9.17, 15) is 0 Å². The van der Waals surface area contributed by atoms with Gasteiger partial charge in [-0.2, -0.15) is 0 Å². The topological polar surface area (TPSA) is 55.4 Å². The van der Waals surface area contributed by atoms with E-state index in [1.165, 1.54) is 0 Å². The average Bonchev–Trinajstić information content (AvgIpc) is 2.89. The lowest BCUT2D eigenvalue weighted by molar-refractivity contribution is -0.369. The summed E-state index contributed by atoms with van der Waals surface area (Å²) in [6, 6.07) is 21.0. The van der Waals surface area contributed by atoms with Crippen LogP contribution in [0.5, 0.6) is 0 Å². The fraction of sp³-hybridized carbons (Fsp3) is 0.484. The number of ether oxygens (including phenoxy) is 6. The van der Waals surface area contributed by atoms with Gasteiger partial charge in [-0.3, -0.25) is 0 Å². The molecule has 2 aromatic carbocycles. The lowest BCUT2D eigenvalue weighted by Crippen LogP contribution is -2.63. The van der Waals surface area contributed by atoms with Crippen LogP contribution in [0, 0.1) is 0 Å². The molecule has 2 heterocycles. The molecule has 2 fully saturated rings. The van der Waals surface area contributed by atoms with Crippen LogP contribution >= 0.6 is 0 Å². The van der Waals surface area contributed by atoms with E-state index in [0.717, 1.165) is 28.3 Å². The lowest BCUT2D eigenvalue weighted by Gasteiger charge is -2.49. The summed E-state index contributed by atoms with van der Waals surface area (Å²) in [5.41, 5.74) is 4.00. The van der Waals surface area contributed by atoms with E-state index in [-0.39, 0.29) is 6.10 Å². The second-order valence-corrected chi connectivity index (χ2v) is 17.0. The summed E-state index contributed by atoms with van der Waals surface area (Å²) >= 11 is 0. The molecule has 1 unspecified atom stereocenters. The van der Waals surface area contributed by atoms with E-state index in [4.69, 9.17) is 28.4 Å². The highest BCUT2D eigenvalue weighted by Crippen LogP contribution is 2.37. The van der Waals surface area contributed by atoms with Crippen LogP contribution in [0.15, 0.2) is 85.0 Å². The van der Waals surface area contributed by atoms with E-state index >= 15 is 0 Å². The smallest absolute Gasteiger partial charge is 0.187 e. The Kier molecular flexibility index (Phi) is 10.1. The molecule has 38 heavy (non-hydrogen) atoms. The van der Waals surface area contributed by atoms with Gasteiger partial charge in [-0.15, -0.1) is 0 Å². The Morgan fingerprint density at radius 2 is 1.55 bits per heavy atom. The van der Waals surface area contributed by atoms with E-state index in [1.807, 2.05) is 55.5 Å². The first kappa shape index (κ1) is 28.9. The van der Waals surface area contributed by atoms with Gasteiger partial charge in [0.05, 0.1) is 26.4 Å². The highest BCUT2D eigenvalue weighted by atomic mass is 28.3. The fourth-order valence-electron chi connectivity index (χ4n) is 4.83. The molecule has 4 rings (SSSR count). The standard InChI is InChI=1S/C31H42O6Si/c1-22(2)17-34-31-29(32-18-23(3)21-38(4,5)6)28(33-19-24-13-9-7-10-14-24)27-26(36-31)20-35-30(37-27)25-15-11-8-12-16-25/h7-16,26-31H,1,3,17-21H2,2,4-6H3/t26-,27-,28+,29+,30?,31-/m1/s1. The zero-order valence-electron chi connectivity index (χ0n) is 23.1. The van der Waals surface area contributed by atoms with Crippen LogP contribution in [0.25, 0.3) is 0 Å². The maximum absolute atomic E-state index is 6.60. The molecule has 0 spiro atoms. The van der Waals surface area contributed by atoms with Gasteiger partial charge in [0.25, 0.3) is 0 Å². The summed E-state index contributed by atoms with van der Waals surface area (Å²) in [4.78, 5) is 0. The monoisotopic (exact) mass is 538 g/mol. The first-order valence-corrected chi connectivity index (χ1v) is 17.1. The first-order chi connectivity index (χ1) is 18.2. The van der Waals surface area contributed by atoms with Gasteiger partial charge in [-0.25, -0.2) is 0 Å². The average molecular weight is 539 g/mol. The Labute approximate surface area is 228 Å². The molecular formula is C31H42O6Si. The predicted molar refractivity (Wildman–Crippen MR) is 151 cm³/mol. The predicted octanol–water partition coefficient (Wildman–Crippen LogP) is 6.28. The molecule has 0 saturated carbocycles. The minimum Gasteiger partial charge on any atom is -0.368 e. The molecule has 0 aliphatic carbocycles. The van der Waals surface area contributed by atoms with Gasteiger partial charge < -0.3 is 28.4 Å². The summed E-state index contributed by atoms with van der Waals surface area (Å²) in [5.74, 6) is 0. The highest BCUT2D eigenvalue weighted by Gasteiger charge is 2.52. The third kappa shape index (κ3) is 8.20. The van der Waals surface area contributed by atoms with Gasteiger partial charge in [-0.05, 0) is 18.5 Å². The Bertz CT molecular complexity index is 1040. The van der Waals surface area contributed by atoms with Crippen molar-refractivity contribution in [1.29, 1.82) is 0 Å². The number of hydrogen-bond acceptors (Lipinski definition) is 6. The minimum atomic E-state index is -1.33. The minimum absolute atomic E-state index is 0.359. The van der Waals surface area contributed by atoms with Gasteiger partial charge in [0, 0.05) is 13.6 Å². The van der Waals surface area contributed by atoms with Crippen LogP contribution in [-0.2, 0) is 35.0 Å². The molecule has 2 aliphatic heterocycles. The van der Waals surface area contributed by atoms with Crippen LogP contribution in [0.3, 0.4) is 0 Å². The van der Waals surface area contributed by atoms with Crippen LogP contribution in [0.2, 0.25) is 25.7 Å². The van der Waals surface area contributed by atoms with Crippen molar-refractivity contribution in [2.45, 2.75) is 76.2 Å². The Hall–Kier alpha value is -2.10. The summed E-state index contributed by atoms with van der Waals surface area (Å²) in [5, 5.41) is 0. The molecule has 0 aromatic heterocycles. The second kappa shape index (κ2) is 13.3. The van der Waals surface area contributed by atoms with E-state index in [2.05, 4.69) is 44.9 Å². The van der Waals surface area contributed by atoms with Crippen molar-refractivity contribution in [2.75, 3.05) is 19.8 Å². The highest BCUT2D eigenvalue weighted by molar-refractivity contribution is 6.76. The van der Waals surface area contributed by atoms with Crippen molar-refractivity contribution in [3.8, 4) is 0 Å². The van der Waals surface area contributed by atoms with Gasteiger partial charge in [-0.1, -0.05) is 105 Å². The lowest BCUT2D eigenvalue weighted by atomic mass is 9.97. The normalized spacial score (nSPS) is 27.5. The molecule has 206 valence electrons. The zero-order chi connectivity index (χ0) is 27.1. The summed E-state index contributed by atoms with van der Waals surface area (Å²) in [7, 11) is -1.33. The second-order valence-electron chi connectivity index (χ2n) is 11.5. The van der Waals surface area contributed by atoms with Gasteiger partial charge >= 0.3 is 0 Å². The molecule has 2 aliphatic rings. The van der Waals surface area contributed by atoms with Crippen LogP contribution in [0.1, 0.15) is 24.3 Å². The quantitative estimate of drug-likeness (QED) is 0.234. The maximum atomic E-state index is 6.60. The third-order valence-electron chi connectivity index (χ3n) is 6.40. The molecular weight excluding hydrogens is 496 g/mol. The summed E-state index contributed by atoms with van der Waals surface area (Å²) in [6.07, 6.45) is -2.91. The largest absolute Gasteiger partial charge is 0.368 e. The number of rotatable bonds is 12. The van der Waals surface area contributed by atoms with Crippen LogP contribution < -0.4 is 0 Å². The molecule has 0 bridgehead atoms. The van der Waals surface area contributed by atoms with Gasteiger partial charge in [0.15, 0.2) is 12.6 Å². The molecule has 7 heteroatoms. The SMILES string of the molecule is C=C(C)CO[C@@H]1O[C@@H]2COC(c3ccccc3)O[C@H]2[C@H](OCc2ccccc2)[C@@H]1OCC(=C)C[Si](C)(C)C. The molecule has 6 nitrogen and oxygen atoms in total. The van der Waals surface area contributed by atoms with Crippen LogP contribution in [-0.4, -0.2) is 58.6 Å². The van der Waals surface area contributed by atoms with Crippen molar-refractivity contribution < 1.29 is 28.4 Å². The van der Waals surface area contributed by atoms with Crippen molar-refractivity contribution in [3.63, 3.8) is 0 Å². The van der Waals surface area contributed by atoms with Crippen molar-refractivity contribution in [1.82, 2.24) is 0 Å². The third-order valence-corrected chi connectivity index (χ3v) is 7.96. The molecule has 0 N–H and O–H groups in total. The Balaban J connectivity index is 1.58. The molecule has 2 aromatic rings. The van der Waals surface area contributed by atoms with Gasteiger partial charge in [0.2, 0.25) is 0 Å². The molecule has 2 saturated heterocycles. The molecule has 0 radical (unpaired) electrons.